The number of aromatic nitrogens is 2. The van der Waals surface area contributed by atoms with Crippen LogP contribution in [0.25, 0.3) is 11.3 Å². The lowest BCUT2D eigenvalue weighted by atomic mass is 9.99. The molecule has 0 unspecified atom stereocenters. The van der Waals surface area contributed by atoms with Gasteiger partial charge in [0.2, 0.25) is 0 Å². The van der Waals surface area contributed by atoms with Gasteiger partial charge in [0.25, 0.3) is 0 Å². The van der Waals surface area contributed by atoms with E-state index in [0.717, 1.165) is 46.7 Å². The highest BCUT2D eigenvalue weighted by molar-refractivity contribution is 5.97. The fraction of sp³-hybridized carbons (Fsp3) is 0.370. The summed E-state index contributed by atoms with van der Waals surface area (Å²) in [5.74, 6) is 0.587. The van der Waals surface area contributed by atoms with E-state index in [1.165, 1.54) is 6.21 Å². The lowest BCUT2D eigenvalue weighted by molar-refractivity contribution is 0.145. The molecule has 1 atom stereocenters. The fourth-order valence-electron chi connectivity index (χ4n) is 4.46. The molecule has 8 heteroatoms. The van der Waals surface area contributed by atoms with Gasteiger partial charge in [0.15, 0.2) is 0 Å². The molecule has 6 N–H and O–H groups in total. The second kappa shape index (κ2) is 11.4. The van der Waals surface area contributed by atoms with Crippen LogP contribution in [-0.2, 0) is 6.61 Å². The molecule has 1 saturated heterocycles. The lowest BCUT2D eigenvalue weighted by Gasteiger charge is -2.33. The van der Waals surface area contributed by atoms with Crippen LogP contribution in [0, 0.1) is 5.41 Å². The molecule has 0 aliphatic carbocycles. The Balaban J connectivity index is 1.80. The van der Waals surface area contributed by atoms with E-state index in [1.807, 2.05) is 36.4 Å². The van der Waals surface area contributed by atoms with E-state index in [-0.39, 0.29) is 18.8 Å². The zero-order chi connectivity index (χ0) is 24.8. The monoisotopic (exact) mass is 474 g/mol. The summed E-state index contributed by atoms with van der Waals surface area (Å²) in [5.41, 5.74) is 11.9. The molecule has 2 aromatic heterocycles. The first kappa shape index (κ1) is 24.8. The Hall–Kier alpha value is -3.33. The average Bonchev–Trinajstić information content (AvgIpc) is 2.89. The number of hydrogen-bond donors (Lipinski definition) is 5. The Morgan fingerprint density at radius 3 is 2.66 bits per heavy atom. The number of nitrogens with two attached hydrogens (primary N) is 1. The predicted octanol–water partition coefficient (Wildman–Crippen LogP) is 4.14. The highest BCUT2D eigenvalue weighted by Gasteiger charge is 2.22. The zero-order valence-electron chi connectivity index (χ0n) is 20.1. The summed E-state index contributed by atoms with van der Waals surface area (Å²) in [7, 11) is 0. The van der Waals surface area contributed by atoms with E-state index in [4.69, 9.17) is 16.1 Å². The number of piperidine rings is 1. The summed E-state index contributed by atoms with van der Waals surface area (Å²) >= 11 is 0. The first-order chi connectivity index (χ1) is 17.0. The van der Waals surface area contributed by atoms with Crippen molar-refractivity contribution in [2.24, 2.45) is 5.73 Å². The second-order valence-corrected chi connectivity index (χ2v) is 8.96. The topological polar surface area (TPSA) is 131 Å². The predicted molar refractivity (Wildman–Crippen MR) is 140 cm³/mol. The van der Waals surface area contributed by atoms with Crippen LogP contribution in [0.4, 0.5) is 17.2 Å². The molecular formula is C27H34N6O2. The van der Waals surface area contributed by atoms with E-state index < -0.39 is 0 Å². The van der Waals surface area contributed by atoms with Crippen molar-refractivity contribution in [1.82, 2.24) is 9.97 Å². The number of benzene rings is 1. The highest BCUT2D eigenvalue weighted by Crippen LogP contribution is 2.36. The molecule has 0 spiro atoms. The van der Waals surface area contributed by atoms with Crippen LogP contribution in [0.1, 0.15) is 55.6 Å². The normalized spacial score (nSPS) is 15.1. The van der Waals surface area contributed by atoms with Crippen molar-refractivity contribution in [3.63, 3.8) is 0 Å². The number of aliphatic hydroxyl groups is 2. The van der Waals surface area contributed by atoms with Gasteiger partial charge >= 0.3 is 0 Å². The van der Waals surface area contributed by atoms with Crippen molar-refractivity contribution in [3.8, 4) is 11.3 Å². The van der Waals surface area contributed by atoms with Gasteiger partial charge in [0, 0.05) is 42.2 Å². The Morgan fingerprint density at radius 1 is 1.17 bits per heavy atom. The molecule has 35 heavy (non-hydrogen) atoms. The van der Waals surface area contributed by atoms with E-state index in [1.54, 1.807) is 6.07 Å². The average molecular weight is 475 g/mol. The molecule has 3 heterocycles. The quantitative estimate of drug-likeness (QED) is 0.295. The van der Waals surface area contributed by atoms with Crippen LogP contribution in [0.2, 0.25) is 0 Å². The summed E-state index contributed by atoms with van der Waals surface area (Å²) in [5, 5.41) is 31.1. The van der Waals surface area contributed by atoms with Crippen molar-refractivity contribution >= 4 is 23.4 Å². The van der Waals surface area contributed by atoms with Crippen LogP contribution in [0.5, 0.6) is 0 Å². The van der Waals surface area contributed by atoms with Gasteiger partial charge in [-0.15, -0.1) is 0 Å². The van der Waals surface area contributed by atoms with Crippen molar-refractivity contribution < 1.29 is 10.2 Å². The van der Waals surface area contributed by atoms with Gasteiger partial charge in [-0.1, -0.05) is 25.5 Å². The van der Waals surface area contributed by atoms with Crippen LogP contribution in [0.3, 0.4) is 0 Å². The lowest BCUT2D eigenvalue weighted by Crippen LogP contribution is -2.36. The highest BCUT2D eigenvalue weighted by atomic mass is 16.3. The van der Waals surface area contributed by atoms with E-state index >= 15 is 0 Å². The third kappa shape index (κ3) is 5.85. The molecule has 3 aromatic rings. The van der Waals surface area contributed by atoms with Gasteiger partial charge in [0.1, 0.15) is 5.82 Å². The molecule has 0 bridgehead atoms. The number of nitrogens with one attached hydrogen (secondary N) is 2. The van der Waals surface area contributed by atoms with E-state index in [2.05, 4.69) is 28.2 Å². The molecular weight excluding hydrogens is 440 g/mol. The number of hydrogen-bond acceptors (Lipinski definition) is 8. The summed E-state index contributed by atoms with van der Waals surface area (Å²) < 4.78 is 0. The minimum absolute atomic E-state index is 0.119. The molecule has 1 aliphatic rings. The molecule has 4 rings (SSSR count). The number of nitrogens with zero attached hydrogens (tertiary/aromatic N) is 3. The molecule has 8 nitrogen and oxygen atoms in total. The molecule has 0 radical (unpaired) electrons. The Morgan fingerprint density at radius 2 is 1.94 bits per heavy atom. The molecule has 1 aromatic carbocycles. The van der Waals surface area contributed by atoms with Crippen molar-refractivity contribution in [1.29, 1.82) is 5.41 Å². The number of anilines is 3. The molecule has 184 valence electrons. The number of rotatable bonds is 9. The molecule has 0 saturated carbocycles. The minimum Gasteiger partial charge on any atom is -0.393 e. The zero-order valence-corrected chi connectivity index (χ0v) is 20.1. The summed E-state index contributed by atoms with van der Waals surface area (Å²) in [4.78, 5) is 11.5. The standard InChI is InChI=1S/C27H34N6O2/c1-2-5-22(29)24-8-4-7-23(31-24)18-14-25(32-27-9-3-6-19(17-34)30-27)21(16-28)26(15-18)33-12-10-20(35)11-13-33/h3-4,6-9,14-16,20,22,28,34-35H,2,5,10-13,17,29H2,1H3,(H,30,32)/t22-/m0/s1. The maximum atomic E-state index is 10.0. The SMILES string of the molecule is CCC[C@H](N)c1cccc(-c2cc(Nc3cccc(CO)n3)c(C=N)c(N3CCC(O)CC3)c2)n1. The van der Waals surface area contributed by atoms with Crippen molar-refractivity contribution in [2.45, 2.75) is 51.4 Å². The summed E-state index contributed by atoms with van der Waals surface area (Å²) in [6.07, 6.45) is 4.28. The number of pyridine rings is 2. The van der Waals surface area contributed by atoms with Crippen LogP contribution in [-0.4, -0.2) is 45.6 Å². The largest absolute Gasteiger partial charge is 0.393 e. The summed E-state index contributed by atoms with van der Waals surface area (Å²) in [6.45, 7) is 3.37. The van der Waals surface area contributed by atoms with Gasteiger partial charge in [-0.05, 0) is 55.7 Å². The Labute approximate surface area is 206 Å². The van der Waals surface area contributed by atoms with Crippen LogP contribution < -0.4 is 16.0 Å². The van der Waals surface area contributed by atoms with Gasteiger partial charge in [0.05, 0.1) is 35.5 Å². The van der Waals surface area contributed by atoms with Gasteiger partial charge in [-0.2, -0.15) is 0 Å². The maximum absolute atomic E-state index is 10.0. The van der Waals surface area contributed by atoms with E-state index in [9.17, 15) is 10.2 Å². The van der Waals surface area contributed by atoms with E-state index in [0.29, 0.717) is 37.4 Å². The second-order valence-electron chi connectivity index (χ2n) is 8.96. The first-order valence-electron chi connectivity index (χ1n) is 12.2. The van der Waals surface area contributed by atoms with Gasteiger partial charge in [-0.3, -0.25) is 4.98 Å². The van der Waals surface area contributed by atoms with Crippen LogP contribution in [0.15, 0.2) is 48.5 Å². The van der Waals surface area contributed by atoms with Gasteiger partial charge in [-0.25, -0.2) is 4.98 Å². The Bertz CT molecular complexity index is 1160. The maximum Gasteiger partial charge on any atom is 0.130 e. The smallest absolute Gasteiger partial charge is 0.130 e. The third-order valence-electron chi connectivity index (χ3n) is 6.39. The third-order valence-corrected chi connectivity index (χ3v) is 6.39. The Kier molecular flexibility index (Phi) is 8.07. The van der Waals surface area contributed by atoms with Crippen molar-refractivity contribution in [2.75, 3.05) is 23.3 Å². The molecule has 0 amide bonds. The fourth-order valence-corrected chi connectivity index (χ4v) is 4.46. The summed E-state index contributed by atoms with van der Waals surface area (Å²) in [6, 6.07) is 15.3. The number of aliphatic hydroxyl groups excluding tert-OH is 2. The molecule has 1 fully saturated rings. The van der Waals surface area contributed by atoms with Crippen molar-refractivity contribution in [3.05, 3.63) is 65.5 Å². The van der Waals surface area contributed by atoms with Crippen LogP contribution >= 0.6 is 0 Å². The van der Waals surface area contributed by atoms with Gasteiger partial charge < -0.3 is 31.6 Å². The minimum atomic E-state index is -0.292. The first-order valence-corrected chi connectivity index (χ1v) is 12.2. The molecule has 1 aliphatic heterocycles.